The number of benzene rings is 2. The summed E-state index contributed by atoms with van der Waals surface area (Å²) >= 11 is 0. The van der Waals surface area contributed by atoms with Gasteiger partial charge in [-0.2, -0.15) is 0 Å². The number of hydrogen-bond donors (Lipinski definition) is 2. The number of carbonyl (C=O) groups excluding carboxylic acids is 2. The first-order valence-corrected chi connectivity index (χ1v) is 13.6. The lowest BCUT2D eigenvalue weighted by molar-refractivity contribution is 0.0950. The Balaban J connectivity index is 1.61. The minimum Gasteiger partial charge on any atom is -0.348 e. The average molecular weight is 530 g/mol. The van der Waals surface area contributed by atoms with Crippen LogP contribution in [0.4, 0.5) is 10.5 Å². The van der Waals surface area contributed by atoms with Crippen LogP contribution in [0.5, 0.6) is 0 Å². The maximum Gasteiger partial charge on any atom is 0.338 e. The maximum atomic E-state index is 13.4. The summed E-state index contributed by atoms with van der Waals surface area (Å²) in [6.07, 6.45) is 3.22. The second kappa shape index (κ2) is 9.68. The molecule has 3 aromatic rings. The molecular weight excluding hydrogens is 506 g/mol. The number of sulfonamides is 2. The van der Waals surface area contributed by atoms with Crippen molar-refractivity contribution in [2.75, 3.05) is 19.0 Å². The van der Waals surface area contributed by atoms with Crippen LogP contribution >= 0.6 is 0 Å². The van der Waals surface area contributed by atoms with Gasteiger partial charge in [-0.15, -0.1) is 0 Å². The van der Waals surface area contributed by atoms with Gasteiger partial charge >= 0.3 is 6.03 Å². The zero-order valence-electron chi connectivity index (χ0n) is 19.4. The molecule has 13 heteroatoms. The first-order chi connectivity index (χ1) is 17.0. The van der Waals surface area contributed by atoms with E-state index in [0.717, 1.165) is 5.56 Å². The van der Waals surface area contributed by atoms with E-state index < -0.39 is 32.0 Å². The summed E-state index contributed by atoms with van der Waals surface area (Å²) in [7, 11) is -5.25. The van der Waals surface area contributed by atoms with E-state index in [-0.39, 0.29) is 34.1 Å². The number of urea groups is 1. The Bertz CT molecular complexity index is 1520. The Morgan fingerprint density at radius 3 is 2.42 bits per heavy atom. The number of anilines is 1. The lowest BCUT2D eigenvalue weighted by atomic mass is 10.1. The van der Waals surface area contributed by atoms with E-state index in [0.29, 0.717) is 9.87 Å². The normalized spacial score (nSPS) is 14.9. The lowest BCUT2D eigenvalue weighted by Gasteiger charge is -2.34. The Kier molecular flexibility index (Phi) is 6.80. The van der Waals surface area contributed by atoms with Crippen molar-refractivity contribution < 1.29 is 26.4 Å². The van der Waals surface area contributed by atoms with Crippen molar-refractivity contribution in [2.45, 2.75) is 22.9 Å². The number of pyridine rings is 1. The Labute approximate surface area is 208 Å². The van der Waals surface area contributed by atoms with E-state index in [4.69, 9.17) is 0 Å². The van der Waals surface area contributed by atoms with Crippen LogP contribution in [0.15, 0.2) is 76.8 Å². The predicted octanol–water partition coefficient (Wildman–Crippen LogP) is 1.68. The topological polar surface area (TPSA) is 146 Å². The second-order valence-electron chi connectivity index (χ2n) is 7.93. The molecule has 0 saturated carbocycles. The van der Waals surface area contributed by atoms with Crippen LogP contribution in [-0.2, 0) is 33.1 Å². The molecule has 0 fully saturated rings. The quantitative estimate of drug-likeness (QED) is 0.473. The van der Waals surface area contributed by atoms with E-state index in [1.807, 2.05) is 0 Å². The molecule has 1 aliphatic heterocycles. The van der Waals surface area contributed by atoms with Gasteiger partial charge in [0.15, 0.2) is 0 Å². The van der Waals surface area contributed by atoms with E-state index in [2.05, 4.69) is 15.0 Å². The molecule has 188 valence electrons. The van der Waals surface area contributed by atoms with Gasteiger partial charge in [-0.25, -0.2) is 30.7 Å². The zero-order valence-corrected chi connectivity index (χ0v) is 21.0. The molecule has 1 aromatic heterocycles. The van der Waals surface area contributed by atoms with Crippen LogP contribution in [0, 0.1) is 0 Å². The molecule has 2 heterocycles. The fourth-order valence-electron chi connectivity index (χ4n) is 3.63. The lowest BCUT2D eigenvalue weighted by Crippen LogP contribution is -2.48. The molecule has 0 saturated heterocycles. The number of fused-ring (bicyclic) bond motifs is 1. The number of amides is 3. The zero-order chi connectivity index (χ0) is 26.1. The van der Waals surface area contributed by atoms with E-state index in [1.54, 1.807) is 24.5 Å². The number of carbonyl (C=O) groups is 2. The molecule has 2 aromatic carbocycles. The highest BCUT2D eigenvalue weighted by Crippen LogP contribution is 2.35. The third kappa shape index (κ3) is 4.80. The number of nitrogens with zero attached hydrogens (tertiary/aromatic N) is 3. The summed E-state index contributed by atoms with van der Waals surface area (Å²) in [6.45, 7) is -0.109. The summed E-state index contributed by atoms with van der Waals surface area (Å²) < 4.78 is 53.6. The standard InChI is InChI=1S/C23H23N5O6S2/c1-24-35(31,32)19-8-5-16(6-9-19)15-28-23(30)27(2)20-10-7-18(12-21(20)36(28,33)34)22(29)26-14-17-4-3-11-25-13-17/h3-13,24H,14-15H2,1-2H3,(H,26,29). The highest BCUT2D eigenvalue weighted by Gasteiger charge is 2.40. The minimum absolute atomic E-state index is 0.00554. The maximum absolute atomic E-state index is 13.4. The predicted molar refractivity (Wildman–Crippen MR) is 131 cm³/mol. The number of rotatable bonds is 7. The van der Waals surface area contributed by atoms with Crippen molar-refractivity contribution in [3.05, 3.63) is 83.7 Å². The molecule has 1 aliphatic rings. The van der Waals surface area contributed by atoms with Gasteiger partial charge in [0.2, 0.25) is 10.0 Å². The monoisotopic (exact) mass is 529 g/mol. The molecule has 0 bridgehead atoms. The highest BCUT2D eigenvalue weighted by atomic mass is 32.2. The smallest absolute Gasteiger partial charge is 0.338 e. The van der Waals surface area contributed by atoms with Crippen molar-refractivity contribution in [2.24, 2.45) is 0 Å². The summed E-state index contributed by atoms with van der Waals surface area (Å²) in [5.74, 6) is -0.482. The highest BCUT2D eigenvalue weighted by molar-refractivity contribution is 7.90. The van der Waals surface area contributed by atoms with Crippen LogP contribution in [0.1, 0.15) is 21.5 Å². The van der Waals surface area contributed by atoms with Gasteiger partial charge < -0.3 is 5.32 Å². The molecule has 0 unspecified atom stereocenters. The van der Waals surface area contributed by atoms with Crippen molar-refractivity contribution in [1.82, 2.24) is 19.3 Å². The molecule has 0 radical (unpaired) electrons. The number of nitrogens with one attached hydrogen (secondary N) is 2. The summed E-state index contributed by atoms with van der Waals surface area (Å²) in [4.78, 5) is 30.6. The first-order valence-electron chi connectivity index (χ1n) is 10.7. The molecule has 11 nitrogen and oxygen atoms in total. The average Bonchev–Trinajstić information content (AvgIpc) is 2.89. The largest absolute Gasteiger partial charge is 0.348 e. The van der Waals surface area contributed by atoms with Gasteiger partial charge in [0.05, 0.1) is 17.1 Å². The third-order valence-corrected chi connectivity index (χ3v) is 8.83. The SMILES string of the molecule is CNS(=O)(=O)c1ccc(CN2C(=O)N(C)c3ccc(C(=O)NCc4cccnc4)cc3S2(=O)=O)cc1. The summed E-state index contributed by atoms with van der Waals surface area (Å²) in [5.41, 5.74) is 1.45. The molecular formula is C23H23N5O6S2. The Morgan fingerprint density at radius 2 is 1.78 bits per heavy atom. The van der Waals surface area contributed by atoms with Crippen molar-refractivity contribution in [1.29, 1.82) is 0 Å². The van der Waals surface area contributed by atoms with Gasteiger partial charge in [0, 0.05) is 31.5 Å². The van der Waals surface area contributed by atoms with Crippen LogP contribution < -0.4 is 14.9 Å². The van der Waals surface area contributed by atoms with Gasteiger partial charge in [-0.05, 0) is 54.6 Å². The summed E-state index contributed by atoms with van der Waals surface area (Å²) in [6, 6.07) is 12.4. The van der Waals surface area contributed by atoms with Gasteiger partial charge in [-0.1, -0.05) is 18.2 Å². The minimum atomic E-state index is -4.31. The third-order valence-electron chi connectivity index (χ3n) is 5.66. The van der Waals surface area contributed by atoms with E-state index in [1.165, 1.54) is 61.5 Å². The molecule has 0 spiro atoms. The van der Waals surface area contributed by atoms with Gasteiger partial charge in [0.25, 0.3) is 15.9 Å². The number of aromatic nitrogens is 1. The summed E-state index contributed by atoms with van der Waals surface area (Å²) in [5, 5.41) is 2.72. The van der Waals surface area contributed by atoms with Crippen molar-refractivity contribution >= 4 is 37.7 Å². The molecule has 2 N–H and O–H groups in total. The van der Waals surface area contributed by atoms with Gasteiger partial charge in [0.1, 0.15) is 4.90 Å². The van der Waals surface area contributed by atoms with Gasteiger partial charge in [-0.3, -0.25) is 14.7 Å². The van der Waals surface area contributed by atoms with Crippen LogP contribution in [0.2, 0.25) is 0 Å². The molecule has 0 aliphatic carbocycles. The molecule has 36 heavy (non-hydrogen) atoms. The fourth-order valence-corrected chi connectivity index (χ4v) is 5.99. The molecule has 0 atom stereocenters. The number of hydrogen-bond acceptors (Lipinski definition) is 7. The Morgan fingerprint density at radius 1 is 1.06 bits per heavy atom. The first kappa shape index (κ1) is 25.3. The Hall–Kier alpha value is -3.81. The fraction of sp³-hybridized carbons (Fsp3) is 0.174. The van der Waals surface area contributed by atoms with Crippen LogP contribution in [-0.4, -0.2) is 52.2 Å². The van der Waals surface area contributed by atoms with Crippen molar-refractivity contribution in [3.63, 3.8) is 0 Å². The van der Waals surface area contributed by atoms with E-state index in [9.17, 15) is 26.4 Å². The van der Waals surface area contributed by atoms with Crippen LogP contribution in [0.25, 0.3) is 0 Å². The van der Waals surface area contributed by atoms with Crippen LogP contribution in [0.3, 0.4) is 0 Å². The molecule has 4 rings (SSSR count). The van der Waals surface area contributed by atoms with E-state index >= 15 is 0 Å². The van der Waals surface area contributed by atoms with Crippen molar-refractivity contribution in [3.8, 4) is 0 Å². The second-order valence-corrected chi connectivity index (χ2v) is 11.6. The molecule has 3 amide bonds.